The molecule has 7 nitrogen and oxygen atoms in total. The van der Waals surface area contributed by atoms with Crippen LogP contribution in [0, 0.1) is 6.92 Å². The Hall–Kier alpha value is -2.23. The van der Waals surface area contributed by atoms with Gasteiger partial charge in [0.05, 0.1) is 17.1 Å². The molecule has 0 unspecified atom stereocenters. The van der Waals surface area contributed by atoms with E-state index in [2.05, 4.69) is 10.3 Å². The van der Waals surface area contributed by atoms with Crippen LogP contribution < -0.4 is 10.9 Å². The van der Waals surface area contributed by atoms with Crippen LogP contribution in [-0.4, -0.2) is 51.3 Å². The smallest absolute Gasteiger partial charge is 0.267 e. The number of thioether (sulfide) groups is 1. The fraction of sp³-hybridized carbons (Fsp3) is 0.368. The highest BCUT2D eigenvalue weighted by Crippen LogP contribution is 2.33. The quantitative estimate of drug-likeness (QED) is 0.421. The van der Waals surface area contributed by atoms with Crippen molar-refractivity contribution in [3.63, 3.8) is 0 Å². The number of methoxy groups -OCH3 is 1. The molecule has 148 valence electrons. The normalized spacial score (nSPS) is 15.8. The molecule has 0 aliphatic carbocycles. The highest BCUT2D eigenvalue weighted by atomic mass is 32.2. The van der Waals surface area contributed by atoms with E-state index in [1.54, 1.807) is 30.3 Å². The molecule has 0 spiro atoms. The van der Waals surface area contributed by atoms with Gasteiger partial charge in [0.1, 0.15) is 15.8 Å². The third kappa shape index (κ3) is 3.96. The lowest BCUT2D eigenvalue weighted by atomic mass is 10.2. The number of hydrogen-bond donors (Lipinski definition) is 1. The lowest BCUT2D eigenvalue weighted by molar-refractivity contribution is -0.122. The van der Waals surface area contributed by atoms with E-state index in [9.17, 15) is 9.59 Å². The Balaban J connectivity index is 2.12. The minimum Gasteiger partial charge on any atom is -0.383 e. The first-order valence-electron chi connectivity index (χ1n) is 8.98. The number of amides is 1. The molecule has 1 aliphatic heterocycles. The van der Waals surface area contributed by atoms with Crippen LogP contribution in [0.15, 0.2) is 28.0 Å². The molecule has 0 bridgehead atoms. The van der Waals surface area contributed by atoms with Crippen molar-refractivity contribution in [2.75, 3.05) is 32.1 Å². The van der Waals surface area contributed by atoms with Crippen molar-refractivity contribution in [3.05, 3.63) is 44.7 Å². The molecule has 1 amide bonds. The highest BCUT2D eigenvalue weighted by molar-refractivity contribution is 8.26. The number of nitrogens with zero attached hydrogens (tertiary/aromatic N) is 3. The van der Waals surface area contributed by atoms with Gasteiger partial charge in [0.15, 0.2) is 0 Å². The van der Waals surface area contributed by atoms with Crippen LogP contribution in [0.2, 0.25) is 0 Å². The van der Waals surface area contributed by atoms with E-state index in [0.717, 1.165) is 12.0 Å². The van der Waals surface area contributed by atoms with Gasteiger partial charge in [-0.05, 0) is 31.1 Å². The zero-order chi connectivity index (χ0) is 20.3. The Morgan fingerprint density at radius 2 is 2.18 bits per heavy atom. The third-order valence-electron chi connectivity index (χ3n) is 4.28. The summed E-state index contributed by atoms with van der Waals surface area (Å²) in [6.45, 7) is 5.41. The maximum Gasteiger partial charge on any atom is 0.267 e. The first kappa shape index (κ1) is 20.5. The molecular weight excluding hydrogens is 396 g/mol. The second-order valence-corrected chi connectivity index (χ2v) is 7.99. The lowest BCUT2D eigenvalue weighted by Crippen LogP contribution is -2.28. The molecule has 1 fully saturated rings. The first-order chi connectivity index (χ1) is 13.5. The summed E-state index contributed by atoms with van der Waals surface area (Å²) in [6.07, 6.45) is 4.08. The summed E-state index contributed by atoms with van der Waals surface area (Å²) in [4.78, 5) is 32.5. The van der Waals surface area contributed by atoms with Crippen LogP contribution in [0.1, 0.15) is 24.5 Å². The number of anilines is 1. The average molecular weight is 419 g/mol. The molecule has 0 radical (unpaired) electrons. The molecule has 1 saturated heterocycles. The van der Waals surface area contributed by atoms with Crippen molar-refractivity contribution in [2.24, 2.45) is 0 Å². The van der Waals surface area contributed by atoms with E-state index >= 15 is 0 Å². The molecule has 2 aromatic rings. The number of carbonyl (C=O) groups excluding carboxylic acids is 1. The van der Waals surface area contributed by atoms with Crippen molar-refractivity contribution in [1.82, 2.24) is 14.3 Å². The molecule has 9 heteroatoms. The number of fused-ring (bicyclic) bond motifs is 1. The summed E-state index contributed by atoms with van der Waals surface area (Å²) in [6, 6.07) is 3.70. The van der Waals surface area contributed by atoms with Gasteiger partial charge in [0, 0.05) is 26.4 Å². The number of hydrogen-bond acceptors (Lipinski definition) is 7. The molecule has 3 rings (SSSR count). The monoisotopic (exact) mass is 418 g/mol. The topological polar surface area (TPSA) is 75.9 Å². The fourth-order valence-corrected chi connectivity index (χ4v) is 4.19. The minimum absolute atomic E-state index is 0.173. The van der Waals surface area contributed by atoms with Crippen molar-refractivity contribution >= 4 is 51.7 Å². The van der Waals surface area contributed by atoms with Gasteiger partial charge in [0.25, 0.3) is 11.5 Å². The maximum absolute atomic E-state index is 13.2. The van der Waals surface area contributed by atoms with Crippen LogP contribution in [-0.2, 0) is 9.53 Å². The van der Waals surface area contributed by atoms with Crippen molar-refractivity contribution in [1.29, 1.82) is 0 Å². The average Bonchev–Trinajstić information content (AvgIpc) is 2.93. The largest absolute Gasteiger partial charge is 0.383 e. The summed E-state index contributed by atoms with van der Waals surface area (Å²) >= 11 is 6.53. The molecule has 0 atom stereocenters. The second kappa shape index (κ2) is 8.85. The predicted octanol–water partition coefficient (Wildman–Crippen LogP) is 2.67. The fourth-order valence-electron chi connectivity index (χ4n) is 2.90. The van der Waals surface area contributed by atoms with E-state index in [4.69, 9.17) is 17.0 Å². The van der Waals surface area contributed by atoms with Crippen LogP contribution in [0.5, 0.6) is 0 Å². The zero-order valence-corrected chi connectivity index (χ0v) is 17.7. The number of aryl methyl sites for hydroxylation is 1. The van der Waals surface area contributed by atoms with E-state index in [1.807, 2.05) is 19.9 Å². The number of pyridine rings is 1. The van der Waals surface area contributed by atoms with Gasteiger partial charge in [-0.2, -0.15) is 0 Å². The standard InChI is InChI=1S/C19H22N4O3S2/c1-4-8-23-18(25)14(28-19(23)27)11-13-15(20-7-10-26-3)21-16-12(2)6-5-9-22(16)17(13)24/h5-6,9,11,20H,4,7-8,10H2,1-3H3/b14-11-. The number of nitrogens with one attached hydrogen (secondary N) is 1. The van der Waals surface area contributed by atoms with Gasteiger partial charge in [-0.3, -0.25) is 18.9 Å². The Kier molecular flexibility index (Phi) is 6.48. The molecule has 3 heterocycles. The van der Waals surface area contributed by atoms with Gasteiger partial charge >= 0.3 is 0 Å². The van der Waals surface area contributed by atoms with E-state index in [1.165, 1.54) is 16.2 Å². The molecule has 2 aromatic heterocycles. The second-order valence-electron chi connectivity index (χ2n) is 6.32. The molecule has 28 heavy (non-hydrogen) atoms. The van der Waals surface area contributed by atoms with Gasteiger partial charge in [-0.15, -0.1) is 0 Å². The van der Waals surface area contributed by atoms with E-state index in [0.29, 0.717) is 46.0 Å². The van der Waals surface area contributed by atoms with E-state index in [-0.39, 0.29) is 11.5 Å². The minimum atomic E-state index is -0.241. The van der Waals surface area contributed by atoms with Crippen LogP contribution >= 0.6 is 24.0 Å². The predicted molar refractivity (Wildman–Crippen MR) is 117 cm³/mol. The Morgan fingerprint density at radius 1 is 1.39 bits per heavy atom. The zero-order valence-electron chi connectivity index (χ0n) is 16.0. The number of rotatable bonds is 7. The summed E-state index contributed by atoms with van der Waals surface area (Å²) in [5, 5.41) is 3.15. The van der Waals surface area contributed by atoms with Crippen molar-refractivity contribution in [3.8, 4) is 0 Å². The summed E-state index contributed by atoms with van der Waals surface area (Å²) in [5.41, 5.74) is 1.55. The Morgan fingerprint density at radius 3 is 2.89 bits per heavy atom. The van der Waals surface area contributed by atoms with Crippen LogP contribution in [0.3, 0.4) is 0 Å². The molecular formula is C19H22N4O3S2. The number of aromatic nitrogens is 2. The van der Waals surface area contributed by atoms with E-state index < -0.39 is 0 Å². The summed E-state index contributed by atoms with van der Waals surface area (Å²) in [5.74, 6) is 0.255. The van der Waals surface area contributed by atoms with Crippen LogP contribution in [0.4, 0.5) is 5.82 Å². The van der Waals surface area contributed by atoms with Gasteiger partial charge in [-0.25, -0.2) is 4.98 Å². The Bertz CT molecular complexity index is 1020. The van der Waals surface area contributed by atoms with Crippen molar-refractivity contribution < 1.29 is 9.53 Å². The van der Waals surface area contributed by atoms with Gasteiger partial charge in [-0.1, -0.05) is 37.0 Å². The highest BCUT2D eigenvalue weighted by Gasteiger charge is 2.32. The van der Waals surface area contributed by atoms with Crippen molar-refractivity contribution in [2.45, 2.75) is 20.3 Å². The summed E-state index contributed by atoms with van der Waals surface area (Å²) in [7, 11) is 1.61. The molecule has 0 aromatic carbocycles. The summed E-state index contributed by atoms with van der Waals surface area (Å²) < 4.78 is 7.09. The molecule has 1 N–H and O–H groups in total. The number of thiocarbonyl (C=S) groups is 1. The van der Waals surface area contributed by atoms with Gasteiger partial charge < -0.3 is 10.1 Å². The number of carbonyl (C=O) groups is 1. The number of ether oxygens (including phenoxy) is 1. The molecule has 0 saturated carbocycles. The molecule has 1 aliphatic rings. The Labute approximate surface area is 172 Å². The third-order valence-corrected chi connectivity index (χ3v) is 5.66. The van der Waals surface area contributed by atoms with Crippen LogP contribution in [0.25, 0.3) is 11.7 Å². The lowest BCUT2D eigenvalue weighted by Gasteiger charge is -2.13. The SMILES string of the molecule is CCCN1C(=O)/C(=C/c2c(NCCOC)nc3c(C)cccn3c2=O)SC1=S. The maximum atomic E-state index is 13.2. The first-order valence-corrected chi connectivity index (χ1v) is 10.2. The van der Waals surface area contributed by atoms with Gasteiger partial charge in [0.2, 0.25) is 0 Å².